The molecule has 1 saturated heterocycles. The standard InChI is InChI=1S/C30H32N10O3/c1-19-11-22(13-31)36-40(19)28-20(9-10-41)5-8-27(35-28)38-18-32-25-12-21(6-7-26(25)38)34-23-14-33-39(15-23)24-16-37(17-24)29(42)43-30(2,3)4/h5-8,11-12,14-15,18,24,34,41H,9-10,16-17H2,1-4H3. The molecular weight excluding hydrogens is 548 g/mol. The SMILES string of the molecule is Cc1cc(C#N)nn1-c1nc(-n2cnc3cc(Nc4cnn(C5CN(C(=O)OC(C)(C)C)C5)c4)ccc32)ccc1CCO. The molecule has 1 aliphatic rings. The zero-order valence-electron chi connectivity index (χ0n) is 24.4. The topological polar surface area (TPSA) is 152 Å². The number of anilines is 2. The Bertz CT molecular complexity index is 1850. The second-order valence-corrected chi connectivity index (χ2v) is 11.5. The number of aryl methyl sites for hydroxylation is 1. The van der Waals surface area contributed by atoms with Crippen LogP contribution in [-0.4, -0.2) is 75.5 Å². The van der Waals surface area contributed by atoms with E-state index in [1.807, 2.05) is 73.5 Å². The number of aliphatic hydroxyl groups excluding tert-OH is 1. The normalized spacial score (nSPS) is 13.6. The van der Waals surface area contributed by atoms with Crippen LogP contribution in [0.4, 0.5) is 16.2 Å². The zero-order chi connectivity index (χ0) is 30.3. The van der Waals surface area contributed by atoms with Gasteiger partial charge in [-0.25, -0.2) is 19.4 Å². The third-order valence-corrected chi connectivity index (χ3v) is 7.10. The monoisotopic (exact) mass is 580 g/mol. The van der Waals surface area contributed by atoms with E-state index in [0.717, 1.165) is 33.7 Å². The van der Waals surface area contributed by atoms with Crippen molar-refractivity contribution in [1.29, 1.82) is 5.26 Å². The van der Waals surface area contributed by atoms with E-state index < -0.39 is 5.60 Å². The van der Waals surface area contributed by atoms with Gasteiger partial charge in [-0.1, -0.05) is 6.07 Å². The van der Waals surface area contributed by atoms with Crippen molar-refractivity contribution in [2.24, 2.45) is 0 Å². The van der Waals surface area contributed by atoms with Gasteiger partial charge >= 0.3 is 6.09 Å². The highest BCUT2D eigenvalue weighted by Gasteiger charge is 2.35. The number of ether oxygens (including phenoxy) is 1. The van der Waals surface area contributed by atoms with Crippen molar-refractivity contribution in [3.63, 3.8) is 0 Å². The molecule has 43 heavy (non-hydrogen) atoms. The Morgan fingerprint density at radius 3 is 2.72 bits per heavy atom. The van der Waals surface area contributed by atoms with Crippen molar-refractivity contribution in [2.45, 2.75) is 45.8 Å². The summed E-state index contributed by atoms with van der Waals surface area (Å²) in [6, 6.07) is 13.5. The first-order chi connectivity index (χ1) is 20.6. The molecule has 1 fully saturated rings. The summed E-state index contributed by atoms with van der Waals surface area (Å²) >= 11 is 0. The van der Waals surface area contributed by atoms with Gasteiger partial charge in [0.05, 0.1) is 29.0 Å². The van der Waals surface area contributed by atoms with Gasteiger partial charge in [0.1, 0.15) is 23.8 Å². The smallest absolute Gasteiger partial charge is 0.410 e. The molecule has 1 aromatic carbocycles. The number of imidazole rings is 1. The lowest BCUT2D eigenvalue weighted by molar-refractivity contribution is -0.000382. The van der Waals surface area contributed by atoms with Gasteiger partial charge in [0, 0.05) is 37.3 Å². The van der Waals surface area contributed by atoms with E-state index in [4.69, 9.17) is 9.72 Å². The summed E-state index contributed by atoms with van der Waals surface area (Å²) in [5, 5.41) is 31.1. The van der Waals surface area contributed by atoms with Crippen molar-refractivity contribution < 1.29 is 14.6 Å². The third-order valence-electron chi connectivity index (χ3n) is 7.10. The highest BCUT2D eigenvalue weighted by atomic mass is 16.6. The number of hydrogen-bond acceptors (Lipinski definition) is 9. The van der Waals surface area contributed by atoms with Crippen molar-refractivity contribution in [2.75, 3.05) is 25.0 Å². The molecule has 1 amide bonds. The molecule has 1 aliphatic heterocycles. The number of carbonyl (C=O) groups is 1. The fourth-order valence-corrected chi connectivity index (χ4v) is 4.98. The molecule has 2 N–H and O–H groups in total. The minimum atomic E-state index is -0.519. The lowest BCUT2D eigenvalue weighted by Gasteiger charge is -2.39. The molecule has 5 aromatic rings. The summed E-state index contributed by atoms with van der Waals surface area (Å²) in [5.41, 5.74) is 4.68. The van der Waals surface area contributed by atoms with E-state index in [1.54, 1.807) is 28.2 Å². The number of likely N-dealkylation sites (tertiary alicyclic amines) is 1. The van der Waals surface area contributed by atoms with Crippen LogP contribution in [0.1, 0.15) is 43.8 Å². The van der Waals surface area contributed by atoms with Crippen LogP contribution in [-0.2, 0) is 11.2 Å². The number of rotatable bonds is 7. The molecule has 0 atom stereocenters. The van der Waals surface area contributed by atoms with E-state index in [-0.39, 0.29) is 18.7 Å². The summed E-state index contributed by atoms with van der Waals surface area (Å²) in [7, 11) is 0. The Hall–Kier alpha value is -5.22. The third kappa shape index (κ3) is 5.64. The highest BCUT2D eigenvalue weighted by molar-refractivity contribution is 5.82. The molecule has 5 heterocycles. The predicted octanol–water partition coefficient (Wildman–Crippen LogP) is 4.05. The maximum absolute atomic E-state index is 12.2. The molecular formula is C30H32N10O3. The Morgan fingerprint density at radius 2 is 2.00 bits per heavy atom. The molecule has 0 unspecified atom stereocenters. The van der Waals surface area contributed by atoms with Crippen LogP contribution in [0.3, 0.4) is 0 Å². The summed E-state index contributed by atoms with van der Waals surface area (Å²) in [6.45, 7) is 8.50. The first-order valence-electron chi connectivity index (χ1n) is 14.0. The van der Waals surface area contributed by atoms with Crippen molar-refractivity contribution >= 4 is 28.5 Å². The Morgan fingerprint density at radius 1 is 1.19 bits per heavy atom. The number of benzene rings is 1. The molecule has 0 saturated carbocycles. The number of hydrogen-bond donors (Lipinski definition) is 2. The van der Waals surface area contributed by atoms with Gasteiger partial charge in [-0.2, -0.15) is 15.5 Å². The first-order valence-corrected chi connectivity index (χ1v) is 14.0. The number of nitrogens with zero attached hydrogens (tertiary/aromatic N) is 9. The minimum absolute atomic E-state index is 0.0344. The molecule has 6 rings (SSSR count). The number of nitriles is 1. The first kappa shape index (κ1) is 27.9. The van der Waals surface area contributed by atoms with Gasteiger partial charge in [0.2, 0.25) is 0 Å². The molecule has 220 valence electrons. The Kier molecular flexibility index (Phi) is 7.07. The highest BCUT2D eigenvalue weighted by Crippen LogP contribution is 2.27. The number of carbonyl (C=O) groups excluding carboxylic acids is 1. The predicted molar refractivity (Wildman–Crippen MR) is 159 cm³/mol. The Balaban J connectivity index is 1.19. The number of aromatic nitrogens is 7. The van der Waals surface area contributed by atoms with Gasteiger partial charge in [-0.3, -0.25) is 9.25 Å². The van der Waals surface area contributed by atoms with Crippen LogP contribution in [0, 0.1) is 18.3 Å². The van der Waals surface area contributed by atoms with Gasteiger partial charge < -0.3 is 20.1 Å². The minimum Gasteiger partial charge on any atom is -0.444 e. The van der Waals surface area contributed by atoms with Gasteiger partial charge in [-0.15, -0.1) is 0 Å². The average Bonchev–Trinajstić information content (AvgIpc) is 3.66. The second kappa shape index (κ2) is 10.9. The summed E-state index contributed by atoms with van der Waals surface area (Å²) < 4.78 is 10.8. The van der Waals surface area contributed by atoms with E-state index in [2.05, 4.69) is 26.6 Å². The fourth-order valence-electron chi connectivity index (χ4n) is 4.98. The van der Waals surface area contributed by atoms with E-state index in [0.29, 0.717) is 36.8 Å². The number of aliphatic hydroxyl groups is 1. The second-order valence-electron chi connectivity index (χ2n) is 11.5. The molecule has 0 bridgehead atoms. The average molecular weight is 581 g/mol. The lowest BCUT2D eigenvalue weighted by Crippen LogP contribution is -2.52. The zero-order valence-corrected chi connectivity index (χ0v) is 24.4. The van der Waals surface area contributed by atoms with Crippen LogP contribution in [0.2, 0.25) is 0 Å². The molecule has 0 aliphatic carbocycles. The van der Waals surface area contributed by atoms with Crippen molar-refractivity contribution in [3.05, 3.63) is 72.1 Å². The number of nitrogens with one attached hydrogen (secondary N) is 1. The number of fused-ring (bicyclic) bond motifs is 1. The van der Waals surface area contributed by atoms with Crippen LogP contribution in [0.15, 0.2) is 55.1 Å². The van der Waals surface area contributed by atoms with Gasteiger partial charge in [0.15, 0.2) is 11.5 Å². The quantitative estimate of drug-likeness (QED) is 0.290. The van der Waals surface area contributed by atoms with E-state index in [1.165, 1.54) is 0 Å². The maximum Gasteiger partial charge on any atom is 0.410 e. The molecule has 13 nitrogen and oxygen atoms in total. The largest absolute Gasteiger partial charge is 0.444 e. The van der Waals surface area contributed by atoms with Crippen molar-refractivity contribution in [3.8, 4) is 17.7 Å². The number of amides is 1. The van der Waals surface area contributed by atoms with Gasteiger partial charge in [0.25, 0.3) is 0 Å². The number of pyridine rings is 1. The molecule has 0 spiro atoms. The fraction of sp³-hybridized carbons (Fsp3) is 0.333. The van der Waals surface area contributed by atoms with Gasteiger partial charge in [-0.05, 0) is 70.0 Å². The summed E-state index contributed by atoms with van der Waals surface area (Å²) in [6.07, 6.45) is 5.50. The summed E-state index contributed by atoms with van der Waals surface area (Å²) in [5.74, 6) is 1.19. The Labute approximate surface area is 248 Å². The molecule has 4 aromatic heterocycles. The lowest BCUT2D eigenvalue weighted by atomic mass is 10.1. The van der Waals surface area contributed by atoms with E-state index in [9.17, 15) is 15.2 Å². The van der Waals surface area contributed by atoms with Crippen LogP contribution in [0.5, 0.6) is 0 Å². The molecule has 0 radical (unpaired) electrons. The summed E-state index contributed by atoms with van der Waals surface area (Å²) in [4.78, 5) is 23.4. The van der Waals surface area contributed by atoms with Crippen LogP contribution in [0.25, 0.3) is 22.7 Å². The van der Waals surface area contributed by atoms with Crippen molar-refractivity contribution in [1.82, 2.24) is 39.0 Å². The van der Waals surface area contributed by atoms with Crippen LogP contribution >= 0.6 is 0 Å². The van der Waals surface area contributed by atoms with E-state index >= 15 is 0 Å². The maximum atomic E-state index is 12.2. The van der Waals surface area contributed by atoms with Crippen LogP contribution < -0.4 is 5.32 Å². The molecule has 13 heteroatoms.